The van der Waals surface area contributed by atoms with Crippen molar-refractivity contribution in [3.8, 4) is 6.07 Å². The molecular formula is C27H39BN4O6. The Morgan fingerprint density at radius 1 is 1.24 bits per heavy atom. The number of ether oxygens (including phenoxy) is 2. The third-order valence-electron chi connectivity index (χ3n) is 7.19. The standard InChI is InChI=1S/C27H39BN4O6/c1-20-7-9-21(10-8-20)24(17-28(35)36)30-26(34)38-19-23-6-4-5-11-32(23)25(33)22(18-29)16-27(2,3)31-12-14-37-15-13-31/h7-10,16,23-24,35-36H,4-6,11-15,17,19H2,1-3H3,(H,30,34)/t23-,24-/m1/s1. The monoisotopic (exact) mass is 526 g/mol. The Kier molecular flexibility index (Phi) is 10.7. The van der Waals surface area contributed by atoms with Crippen LogP contribution in [-0.2, 0) is 14.3 Å². The van der Waals surface area contributed by atoms with Crippen LogP contribution in [0.4, 0.5) is 4.79 Å². The van der Waals surface area contributed by atoms with Gasteiger partial charge in [0.1, 0.15) is 18.2 Å². The number of likely N-dealkylation sites (tertiary alicyclic amines) is 1. The lowest BCUT2D eigenvalue weighted by Crippen LogP contribution is -2.50. The second-order valence-electron chi connectivity index (χ2n) is 10.5. The highest BCUT2D eigenvalue weighted by molar-refractivity contribution is 6.41. The predicted molar refractivity (Wildman–Crippen MR) is 143 cm³/mol. The first-order valence-electron chi connectivity index (χ1n) is 13.2. The Bertz CT molecular complexity index is 1020. The third kappa shape index (κ3) is 8.30. The molecule has 0 saturated carbocycles. The quantitative estimate of drug-likeness (QED) is 0.253. The summed E-state index contributed by atoms with van der Waals surface area (Å²) < 4.78 is 10.9. The SMILES string of the molecule is Cc1ccc([C@@H](CB(O)O)NC(=O)OC[C@H]2CCCCN2C(=O)C(C#N)=CC(C)(C)N2CCOCC2)cc1. The number of amides is 2. The van der Waals surface area contributed by atoms with Crippen molar-refractivity contribution in [3.63, 3.8) is 0 Å². The maximum atomic E-state index is 13.4. The number of benzene rings is 1. The number of hydrogen-bond donors (Lipinski definition) is 3. The fourth-order valence-electron chi connectivity index (χ4n) is 4.97. The lowest BCUT2D eigenvalue weighted by Gasteiger charge is -2.39. The molecule has 3 rings (SSSR count). The van der Waals surface area contributed by atoms with Gasteiger partial charge in [-0.05, 0) is 51.7 Å². The van der Waals surface area contributed by atoms with E-state index in [0.717, 1.165) is 37.1 Å². The van der Waals surface area contributed by atoms with Crippen LogP contribution in [0.5, 0.6) is 0 Å². The molecule has 10 nitrogen and oxygen atoms in total. The highest BCUT2D eigenvalue weighted by Gasteiger charge is 2.33. The van der Waals surface area contributed by atoms with Gasteiger partial charge in [-0.15, -0.1) is 0 Å². The number of alkyl carbamates (subject to hydrolysis) is 1. The Balaban J connectivity index is 1.65. The minimum absolute atomic E-state index is 0.0224. The lowest BCUT2D eigenvalue weighted by atomic mass is 9.79. The molecule has 1 aromatic carbocycles. The number of carbonyl (C=O) groups is 2. The normalized spacial score (nSPS) is 19.8. The number of piperidine rings is 1. The zero-order valence-corrected chi connectivity index (χ0v) is 22.6. The summed E-state index contributed by atoms with van der Waals surface area (Å²) in [5.74, 6) is -0.358. The van der Waals surface area contributed by atoms with Gasteiger partial charge in [0.05, 0.1) is 25.3 Å². The van der Waals surface area contributed by atoms with Crippen molar-refractivity contribution in [3.05, 3.63) is 47.0 Å². The van der Waals surface area contributed by atoms with E-state index < -0.39 is 24.8 Å². The van der Waals surface area contributed by atoms with E-state index in [4.69, 9.17) is 9.47 Å². The smallest absolute Gasteiger partial charge is 0.447 e. The molecule has 2 fully saturated rings. The van der Waals surface area contributed by atoms with Crippen molar-refractivity contribution in [2.75, 3.05) is 39.5 Å². The zero-order valence-electron chi connectivity index (χ0n) is 22.6. The van der Waals surface area contributed by atoms with Crippen molar-refractivity contribution >= 4 is 19.1 Å². The molecule has 0 aliphatic carbocycles. The lowest BCUT2D eigenvalue weighted by molar-refractivity contribution is -0.131. The fraction of sp³-hybridized carbons (Fsp3) is 0.593. The molecule has 0 unspecified atom stereocenters. The molecular weight excluding hydrogens is 487 g/mol. The predicted octanol–water partition coefficient (Wildman–Crippen LogP) is 2.18. The fourth-order valence-corrected chi connectivity index (χ4v) is 4.97. The summed E-state index contributed by atoms with van der Waals surface area (Å²) in [6, 6.07) is 8.48. The van der Waals surface area contributed by atoms with E-state index in [9.17, 15) is 24.9 Å². The van der Waals surface area contributed by atoms with E-state index >= 15 is 0 Å². The molecule has 2 saturated heterocycles. The first-order chi connectivity index (χ1) is 18.1. The highest BCUT2D eigenvalue weighted by Crippen LogP contribution is 2.24. The first-order valence-corrected chi connectivity index (χ1v) is 13.2. The van der Waals surface area contributed by atoms with E-state index in [-0.39, 0.29) is 30.4 Å². The Morgan fingerprint density at radius 3 is 2.55 bits per heavy atom. The Hall–Kier alpha value is -2.91. The average molecular weight is 526 g/mol. The number of nitriles is 1. The molecule has 0 bridgehead atoms. The topological polar surface area (TPSA) is 135 Å². The van der Waals surface area contributed by atoms with Crippen LogP contribution in [0.1, 0.15) is 50.3 Å². The molecule has 2 aliphatic heterocycles. The van der Waals surface area contributed by atoms with Crippen LogP contribution in [0.15, 0.2) is 35.9 Å². The van der Waals surface area contributed by atoms with Crippen molar-refractivity contribution in [2.45, 2.75) is 64.0 Å². The van der Waals surface area contributed by atoms with E-state index in [0.29, 0.717) is 26.2 Å². The van der Waals surface area contributed by atoms with Crippen LogP contribution >= 0.6 is 0 Å². The van der Waals surface area contributed by atoms with Gasteiger partial charge < -0.3 is 29.7 Å². The number of nitrogens with one attached hydrogen (secondary N) is 1. The van der Waals surface area contributed by atoms with Crippen molar-refractivity contribution in [2.24, 2.45) is 0 Å². The highest BCUT2D eigenvalue weighted by atomic mass is 16.5. The molecule has 11 heteroatoms. The van der Waals surface area contributed by atoms with Crippen molar-refractivity contribution < 1.29 is 29.1 Å². The number of carbonyl (C=O) groups excluding carboxylic acids is 2. The van der Waals surface area contributed by atoms with E-state index in [1.54, 1.807) is 11.0 Å². The number of morpholine rings is 1. The number of rotatable bonds is 9. The Labute approximate surface area is 225 Å². The van der Waals surface area contributed by atoms with Gasteiger partial charge in [0.15, 0.2) is 0 Å². The number of aryl methyl sites for hydroxylation is 1. The van der Waals surface area contributed by atoms with Crippen LogP contribution in [0.25, 0.3) is 0 Å². The second kappa shape index (κ2) is 13.8. The van der Waals surface area contributed by atoms with Crippen LogP contribution in [0.3, 0.4) is 0 Å². The summed E-state index contributed by atoms with van der Waals surface area (Å²) in [7, 11) is -1.61. The molecule has 2 heterocycles. The zero-order chi connectivity index (χ0) is 27.7. The minimum Gasteiger partial charge on any atom is -0.447 e. The first kappa shape index (κ1) is 29.6. The minimum atomic E-state index is -1.61. The molecule has 2 atom stereocenters. The van der Waals surface area contributed by atoms with Crippen LogP contribution < -0.4 is 5.32 Å². The van der Waals surface area contributed by atoms with E-state index in [1.807, 2.05) is 45.0 Å². The molecule has 2 amide bonds. The summed E-state index contributed by atoms with van der Waals surface area (Å²) in [6.07, 6.45) is 3.27. The van der Waals surface area contributed by atoms with Crippen molar-refractivity contribution in [1.82, 2.24) is 15.1 Å². The van der Waals surface area contributed by atoms with Gasteiger partial charge in [0, 0.05) is 31.5 Å². The summed E-state index contributed by atoms with van der Waals surface area (Å²) in [4.78, 5) is 29.9. The molecule has 206 valence electrons. The average Bonchev–Trinajstić information content (AvgIpc) is 2.90. The maximum Gasteiger partial charge on any atom is 0.453 e. The Morgan fingerprint density at radius 2 is 1.92 bits per heavy atom. The van der Waals surface area contributed by atoms with Gasteiger partial charge in [0.25, 0.3) is 5.91 Å². The van der Waals surface area contributed by atoms with Gasteiger partial charge in [-0.25, -0.2) is 4.79 Å². The van der Waals surface area contributed by atoms with E-state index in [2.05, 4.69) is 16.3 Å². The van der Waals surface area contributed by atoms with Crippen LogP contribution in [0, 0.1) is 18.3 Å². The van der Waals surface area contributed by atoms with Gasteiger partial charge in [-0.2, -0.15) is 5.26 Å². The van der Waals surface area contributed by atoms with Gasteiger partial charge in [-0.1, -0.05) is 29.8 Å². The number of hydrogen-bond acceptors (Lipinski definition) is 8. The van der Waals surface area contributed by atoms with Gasteiger partial charge >= 0.3 is 13.2 Å². The molecule has 2 aliphatic rings. The van der Waals surface area contributed by atoms with Crippen molar-refractivity contribution in [1.29, 1.82) is 5.26 Å². The maximum absolute atomic E-state index is 13.4. The summed E-state index contributed by atoms with van der Waals surface area (Å²) in [6.45, 7) is 9.04. The molecule has 0 radical (unpaired) electrons. The third-order valence-corrected chi connectivity index (χ3v) is 7.19. The summed E-state index contributed by atoms with van der Waals surface area (Å²) >= 11 is 0. The largest absolute Gasteiger partial charge is 0.453 e. The number of nitrogens with zero attached hydrogens (tertiary/aromatic N) is 3. The van der Waals surface area contributed by atoms with E-state index in [1.165, 1.54) is 0 Å². The van der Waals surface area contributed by atoms with Gasteiger partial charge in [-0.3, -0.25) is 9.69 Å². The van der Waals surface area contributed by atoms with Crippen LogP contribution in [-0.4, -0.2) is 90.0 Å². The summed E-state index contributed by atoms with van der Waals surface area (Å²) in [5, 5.41) is 31.5. The molecule has 3 N–H and O–H groups in total. The van der Waals surface area contributed by atoms with Gasteiger partial charge in [0.2, 0.25) is 0 Å². The molecule has 38 heavy (non-hydrogen) atoms. The molecule has 1 aromatic rings. The molecule has 0 spiro atoms. The molecule has 0 aromatic heterocycles. The second-order valence-corrected chi connectivity index (χ2v) is 10.5. The van der Waals surface area contributed by atoms with Crippen LogP contribution in [0.2, 0.25) is 6.32 Å². The summed E-state index contributed by atoms with van der Waals surface area (Å²) in [5.41, 5.74) is 1.35.